The van der Waals surface area contributed by atoms with Crippen LogP contribution in [0, 0.1) is 0 Å². The van der Waals surface area contributed by atoms with E-state index in [1.807, 2.05) is 11.3 Å². The fourth-order valence-electron chi connectivity index (χ4n) is 9.88. The molecule has 0 unspecified atom stereocenters. The molecule has 0 radical (unpaired) electrons. The van der Waals surface area contributed by atoms with Gasteiger partial charge >= 0.3 is 0 Å². The molecular weight excluding hydrogens is 705 g/mol. The number of thiophene rings is 1. The van der Waals surface area contributed by atoms with Crippen LogP contribution in [0.4, 0.5) is 0 Å². The van der Waals surface area contributed by atoms with E-state index < -0.39 is 0 Å². The Bertz CT molecular complexity index is 3790. The molecule has 0 aliphatic rings. The van der Waals surface area contributed by atoms with Crippen LogP contribution >= 0.6 is 11.3 Å². The molecule has 0 saturated heterocycles. The Hall–Kier alpha value is -7.06. The first-order valence-electron chi connectivity index (χ1n) is 19.7. The van der Waals surface area contributed by atoms with Gasteiger partial charge < -0.3 is 0 Å². The largest absolute Gasteiger partial charge is 0.135 e. The lowest BCUT2D eigenvalue weighted by Crippen LogP contribution is -1.90. The van der Waals surface area contributed by atoms with Crippen molar-refractivity contribution in [3.05, 3.63) is 194 Å². The molecule has 0 spiro atoms. The summed E-state index contributed by atoms with van der Waals surface area (Å²) in [7, 11) is 0. The topological polar surface area (TPSA) is 0 Å². The van der Waals surface area contributed by atoms with Gasteiger partial charge in [-0.1, -0.05) is 158 Å². The van der Waals surface area contributed by atoms with Crippen LogP contribution in [-0.4, -0.2) is 0 Å². The van der Waals surface area contributed by atoms with Crippen LogP contribution < -0.4 is 0 Å². The van der Waals surface area contributed by atoms with E-state index >= 15 is 0 Å². The molecule has 0 aliphatic carbocycles. The van der Waals surface area contributed by atoms with E-state index in [0.717, 1.165) is 0 Å². The molecule has 0 aliphatic heterocycles. The van der Waals surface area contributed by atoms with Crippen molar-refractivity contribution in [3.63, 3.8) is 0 Å². The highest BCUT2D eigenvalue weighted by atomic mass is 32.1. The van der Waals surface area contributed by atoms with Gasteiger partial charge in [-0.2, -0.15) is 0 Å². The summed E-state index contributed by atoms with van der Waals surface area (Å²) < 4.78 is 2.68. The SMILES string of the molecule is c1ccc(-c2cccc(-c3ccc4ccc5c(-c6ccc7c(c6)c6ccccc6c6cc8c(cc76)sc6cc7ccccc7cc68)ccc6ccc3c4c65)c2)cc1. The average molecular weight is 737 g/mol. The zero-order chi connectivity index (χ0) is 37.2. The lowest BCUT2D eigenvalue weighted by atomic mass is 9.86. The second-order valence-corrected chi connectivity index (χ2v) is 16.7. The standard InChI is InChI=1S/C56H32S/c1-2-9-33(10-3-1)36-13-8-14-39(27-36)41-22-17-34-20-26-47-42(23-18-35-19-25-46(41)55(34)56(35)47)40-21-24-45-48(29-40)43-15-6-7-16-44(43)49-31-52-51-28-37-11-4-5-12-38(37)30-53(51)57-54(52)32-50(45)49/h1-32H. The molecular formula is C56H32S. The third-order valence-electron chi connectivity index (χ3n) is 12.6. The van der Waals surface area contributed by atoms with Crippen molar-refractivity contribution < 1.29 is 0 Å². The number of rotatable bonds is 3. The van der Waals surface area contributed by atoms with E-state index in [4.69, 9.17) is 0 Å². The van der Waals surface area contributed by atoms with Crippen LogP contribution in [0.15, 0.2) is 194 Å². The van der Waals surface area contributed by atoms with Crippen molar-refractivity contribution in [3.8, 4) is 33.4 Å². The number of hydrogen-bond acceptors (Lipinski definition) is 1. The number of fused-ring (bicyclic) bond motifs is 10. The quantitative estimate of drug-likeness (QED) is 0.158. The van der Waals surface area contributed by atoms with E-state index in [9.17, 15) is 0 Å². The Kier molecular flexibility index (Phi) is 6.41. The maximum Gasteiger partial charge on any atom is 0.0362 e. The highest BCUT2D eigenvalue weighted by Gasteiger charge is 2.18. The maximum absolute atomic E-state index is 2.46. The molecule has 1 heterocycles. The smallest absolute Gasteiger partial charge is 0.0362 e. The van der Waals surface area contributed by atoms with Gasteiger partial charge in [0.25, 0.3) is 0 Å². The van der Waals surface area contributed by atoms with Crippen molar-refractivity contribution in [1.29, 1.82) is 0 Å². The zero-order valence-corrected chi connectivity index (χ0v) is 31.7. The second kappa shape index (κ2) is 11.7. The minimum absolute atomic E-state index is 1.24. The van der Waals surface area contributed by atoms with Crippen molar-refractivity contribution in [2.24, 2.45) is 0 Å². The molecule has 13 aromatic rings. The van der Waals surface area contributed by atoms with E-state index in [-0.39, 0.29) is 0 Å². The summed E-state index contributed by atoms with van der Waals surface area (Å²) in [5.74, 6) is 0. The zero-order valence-electron chi connectivity index (χ0n) is 30.9. The lowest BCUT2D eigenvalue weighted by molar-refractivity contribution is 1.61. The summed E-state index contributed by atoms with van der Waals surface area (Å²) in [6.45, 7) is 0. The predicted molar refractivity (Wildman–Crippen MR) is 249 cm³/mol. The molecule has 0 nitrogen and oxygen atoms in total. The van der Waals surface area contributed by atoms with E-state index in [1.54, 1.807) is 0 Å². The maximum atomic E-state index is 2.46. The molecule has 0 bridgehead atoms. The Morgan fingerprint density at radius 2 is 0.737 bits per heavy atom. The number of hydrogen-bond donors (Lipinski definition) is 0. The monoisotopic (exact) mass is 736 g/mol. The summed E-state index contributed by atoms with van der Waals surface area (Å²) >= 11 is 1.91. The van der Waals surface area contributed by atoms with Gasteiger partial charge in [0.05, 0.1) is 0 Å². The molecule has 0 atom stereocenters. The van der Waals surface area contributed by atoms with Crippen LogP contribution in [0.1, 0.15) is 0 Å². The molecule has 57 heavy (non-hydrogen) atoms. The van der Waals surface area contributed by atoms with Gasteiger partial charge in [-0.15, -0.1) is 11.3 Å². The molecule has 0 fully saturated rings. The highest BCUT2D eigenvalue weighted by Crippen LogP contribution is 2.46. The predicted octanol–water partition coefficient (Wildman–Crippen LogP) is 16.6. The van der Waals surface area contributed by atoms with Gasteiger partial charge in [0, 0.05) is 20.2 Å². The van der Waals surface area contributed by atoms with Crippen molar-refractivity contribution in [1.82, 2.24) is 0 Å². The van der Waals surface area contributed by atoms with Gasteiger partial charge in [0.1, 0.15) is 0 Å². The fourth-order valence-corrected chi connectivity index (χ4v) is 11.0. The summed E-state index contributed by atoms with van der Waals surface area (Å²) in [6.07, 6.45) is 0. The molecule has 262 valence electrons. The molecule has 0 amide bonds. The first-order valence-corrected chi connectivity index (χ1v) is 20.6. The third-order valence-corrected chi connectivity index (χ3v) is 13.7. The summed E-state index contributed by atoms with van der Waals surface area (Å²) in [6, 6.07) is 72.8. The minimum atomic E-state index is 1.24. The van der Waals surface area contributed by atoms with Crippen LogP contribution in [0.5, 0.6) is 0 Å². The van der Waals surface area contributed by atoms with E-state index in [0.29, 0.717) is 0 Å². The van der Waals surface area contributed by atoms with Crippen molar-refractivity contribution >= 4 is 107 Å². The normalized spacial score (nSPS) is 12.2. The number of benzene rings is 12. The minimum Gasteiger partial charge on any atom is -0.135 e. The molecule has 0 saturated carbocycles. The first kappa shape index (κ1) is 31.2. The molecule has 12 aromatic carbocycles. The van der Waals surface area contributed by atoms with E-state index in [1.165, 1.54) is 129 Å². The highest BCUT2D eigenvalue weighted by molar-refractivity contribution is 7.26. The van der Waals surface area contributed by atoms with Gasteiger partial charge in [0.15, 0.2) is 0 Å². The van der Waals surface area contributed by atoms with Crippen LogP contribution in [-0.2, 0) is 0 Å². The van der Waals surface area contributed by atoms with Crippen LogP contribution in [0.3, 0.4) is 0 Å². The van der Waals surface area contributed by atoms with Crippen molar-refractivity contribution in [2.45, 2.75) is 0 Å². The Balaban J connectivity index is 1.02. The van der Waals surface area contributed by atoms with Gasteiger partial charge in [-0.25, -0.2) is 0 Å². The lowest BCUT2D eigenvalue weighted by Gasteiger charge is -2.17. The van der Waals surface area contributed by atoms with Gasteiger partial charge in [0.2, 0.25) is 0 Å². The third kappa shape index (κ3) is 4.55. The van der Waals surface area contributed by atoms with E-state index in [2.05, 4.69) is 194 Å². The molecule has 1 aromatic heterocycles. The van der Waals surface area contributed by atoms with Gasteiger partial charge in [-0.3, -0.25) is 0 Å². The molecule has 0 N–H and O–H groups in total. The summed E-state index contributed by atoms with van der Waals surface area (Å²) in [5.41, 5.74) is 7.50. The Morgan fingerprint density at radius 3 is 1.47 bits per heavy atom. The van der Waals surface area contributed by atoms with Crippen molar-refractivity contribution in [2.75, 3.05) is 0 Å². The first-order chi connectivity index (χ1) is 28.2. The summed E-state index contributed by atoms with van der Waals surface area (Å²) in [4.78, 5) is 0. The molecule has 13 rings (SSSR count). The Morgan fingerprint density at radius 1 is 0.228 bits per heavy atom. The fraction of sp³-hybridized carbons (Fsp3) is 0. The Labute approximate surface area is 332 Å². The van der Waals surface area contributed by atoms with Gasteiger partial charge in [-0.05, 0) is 145 Å². The average Bonchev–Trinajstić information content (AvgIpc) is 3.63. The summed E-state index contributed by atoms with van der Waals surface area (Å²) in [5, 5.41) is 20.9. The molecule has 1 heteroatoms. The van der Waals surface area contributed by atoms with Crippen LogP contribution in [0.25, 0.3) is 129 Å². The second-order valence-electron chi connectivity index (χ2n) is 15.6. The van der Waals surface area contributed by atoms with Crippen LogP contribution in [0.2, 0.25) is 0 Å².